The second-order valence-electron chi connectivity index (χ2n) is 6.03. The first-order chi connectivity index (χ1) is 12.6. The number of thiophene rings is 1. The van der Waals surface area contributed by atoms with Crippen LogP contribution in [0.1, 0.15) is 23.1 Å². The van der Waals surface area contributed by atoms with Crippen molar-refractivity contribution in [2.45, 2.75) is 26.8 Å². The Balaban J connectivity index is 1.68. The van der Waals surface area contributed by atoms with Crippen LogP contribution < -0.4 is 4.74 Å². The molecule has 0 atom stereocenters. The number of aryl methyl sites for hydroxylation is 1. The van der Waals surface area contributed by atoms with Gasteiger partial charge in [0.2, 0.25) is 5.91 Å². The van der Waals surface area contributed by atoms with Gasteiger partial charge in [0.1, 0.15) is 10.8 Å². The van der Waals surface area contributed by atoms with Crippen molar-refractivity contribution in [3.05, 3.63) is 57.2 Å². The third-order valence-electron chi connectivity index (χ3n) is 4.08. The monoisotopic (exact) mass is 386 g/mol. The molecular weight excluding hydrogens is 364 g/mol. The summed E-state index contributed by atoms with van der Waals surface area (Å²) in [6.45, 7) is 5.30. The number of amides is 1. The zero-order chi connectivity index (χ0) is 18.5. The molecule has 0 unspecified atom stereocenters. The largest absolute Gasteiger partial charge is 0.493 e. The van der Waals surface area contributed by atoms with Gasteiger partial charge < -0.3 is 9.64 Å². The van der Waals surface area contributed by atoms with Crippen molar-refractivity contribution in [1.29, 1.82) is 0 Å². The third kappa shape index (κ3) is 4.31. The number of likely N-dealkylation sites (N-methyl/N-ethyl adjacent to an activating group) is 1. The number of ether oxygens (including phenoxy) is 1. The van der Waals surface area contributed by atoms with Crippen molar-refractivity contribution in [2.24, 2.45) is 0 Å². The number of nitrogens with zero attached hydrogens (tertiary/aromatic N) is 2. The Morgan fingerprint density at radius 3 is 2.77 bits per heavy atom. The van der Waals surface area contributed by atoms with Crippen LogP contribution in [-0.2, 0) is 17.8 Å². The fourth-order valence-electron chi connectivity index (χ4n) is 2.60. The fraction of sp³-hybridized carbons (Fsp3) is 0.300. The van der Waals surface area contributed by atoms with Crippen molar-refractivity contribution in [1.82, 2.24) is 9.88 Å². The molecular formula is C20H22N2O2S2. The zero-order valence-electron chi connectivity index (χ0n) is 15.2. The van der Waals surface area contributed by atoms with Crippen LogP contribution in [0.5, 0.6) is 5.75 Å². The molecule has 136 valence electrons. The molecule has 2 aromatic heterocycles. The zero-order valence-corrected chi connectivity index (χ0v) is 16.8. The lowest BCUT2D eigenvalue weighted by Crippen LogP contribution is -2.27. The minimum Gasteiger partial charge on any atom is -0.493 e. The minimum absolute atomic E-state index is 0.0766. The lowest BCUT2D eigenvalue weighted by Gasteiger charge is -2.16. The van der Waals surface area contributed by atoms with Crippen molar-refractivity contribution < 1.29 is 9.53 Å². The number of hydrogen-bond acceptors (Lipinski definition) is 5. The summed E-state index contributed by atoms with van der Waals surface area (Å²) in [5.74, 6) is 0.903. The Morgan fingerprint density at radius 1 is 1.23 bits per heavy atom. The Labute approximate surface area is 162 Å². The van der Waals surface area contributed by atoms with Gasteiger partial charge in [-0.25, -0.2) is 4.98 Å². The average Bonchev–Trinajstić information content (AvgIpc) is 3.25. The van der Waals surface area contributed by atoms with Crippen LogP contribution in [0.2, 0.25) is 0 Å². The number of hydrogen-bond donors (Lipinski definition) is 0. The van der Waals surface area contributed by atoms with Crippen molar-refractivity contribution in [3.8, 4) is 16.3 Å². The van der Waals surface area contributed by atoms with Crippen molar-refractivity contribution >= 4 is 28.6 Å². The van der Waals surface area contributed by atoms with Gasteiger partial charge in [-0.3, -0.25) is 4.79 Å². The van der Waals surface area contributed by atoms with Gasteiger partial charge in [-0.05, 0) is 43.0 Å². The predicted octanol–water partition coefficient (Wildman–Crippen LogP) is 4.78. The molecule has 2 heterocycles. The van der Waals surface area contributed by atoms with Crippen LogP contribution in [0, 0.1) is 6.92 Å². The van der Waals surface area contributed by atoms with Gasteiger partial charge in [-0.15, -0.1) is 22.7 Å². The molecule has 0 fully saturated rings. The molecule has 3 rings (SSSR count). The molecule has 0 bridgehead atoms. The second-order valence-corrected chi connectivity index (χ2v) is 7.89. The summed E-state index contributed by atoms with van der Waals surface area (Å²) in [6.07, 6.45) is 0.314. The average molecular weight is 387 g/mol. The van der Waals surface area contributed by atoms with E-state index in [2.05, 4.69) is 23.4 Å². The lowest BCUT2D eigenvalue weighted by atomic mass is 10.2. The lowest BCUT2D eigenvalue weighted by molar-refractivity contribution is -0.129. The topological polar surface area (TPSA) is 42.4 Å². The van der Waals surface area contributed by atoms with Crippen LogP contribution >= 0.6 is 22.7 Å². The Hall–Kier alpha value is -2.18. The molecule has 0 saturated heterocycles. The number of carbonyl (C=O) groups is 1. The van der Waals surface area contributed by atoms with Crippen molar-refractivity contribution in [2.75, 3.05) is 13.7 Å². The summed E-state index contributed by atoms with van der Waals surface area (Å²) >= 11 is 3.23. The smallest absolute Gasteiger partial charge is 0.228 e. The van der Waals surface area contributed by atoms with Crippen LogP contribution in [0.3, 0.4) is 0 Å². The summed E-state index contributed by atoms with van der Waals surface area (Å²) in [5, 5.41) is 4.90. The molecule has 1 amide bonds. The molecule has 0 radical (unpaired) electrons. The van der Waals surface area contributed by atoms with Gasteiger partial charge in [0, 0.05) is 17.3 Å². The molecule has 0 N–H and O–H groups in total. The van der Waals surface area contributed by atoms with Gasteiger partial charge in [-0.1, -0.05) is 12.1 Å². The van der Waals surface area contributed by atoms with E-state index in [1.807, 2.05) is 43.6 Å². The predicted molar refractivity (Wildman–Crippen MR) is 108 cm³/mol. The van der Waals surface area contributed by atoms with E-state index in [1.165, 1.54) is 10.4 Å². The molecule has 4 nitrogen and oxygen atoms in total. The van der Waals surface area contributed by atoms with E-state index in [9.17, 15) is 4.79 Å². The molecule has 3 aromatic rings. The summed E-state index contributed by atoms with van der Waals surface area (Å²) in [6, 6.07) is 9.96. The maximum Gasteiger partial charge on any atom is 0.228 e. The van der Waals surface area contributed by atoms with Crippen LogP contribution in [0.4, 0.5) is 0 Å². The maximum atomic E-state index is 12.5. The van der Waals surface area contributed by atoms with Gasteiger partial charge >= 0.3 is 0 Å². The summed E-state index contributed by atoms with van der Waals surface area (Å²) in [4.78, 5) is 20.2. The molecule has 0 spiro atoms. The molecule has 0 saturated carbocycles. The van der Waals surface area contributed by atoms with E-state index in [1.54, 1.807) is 27.6 Å². The van der Waals surface area contributed by atoms with Gasteiger partial charge in [0.25, 0.3) is 0 Å². The Morgan fingerprint density at radius 2 is 2.04 bits per heavy atom. The molecule has 26 heavy (non-hydrogen) atoms. The highest BCUT2D eigenvalue weighted by Crippen LogP contribution is 2.32. The second kappa shape index (κ2) is 8.47. The highest BCUT2D eigenvalue weighted by Gasteiger charge is 2.15. The molecule has 0 aliphatic carbocycles. The molecule has 6 heteroatoms. The Kier molecular flexibility index (Phi) is 6.06. The number of carbonyl (C=O) groups excluding carboxylic acids is 1. The van der Waals surface area contributed by atoms with Gasteiger partial charge in [0.15, 0.2) is 0 Å². The minimum atomic E-state index is 0.0766. The van der Waals surface area contributed by atoms with Crippen LogP contribution in [0.15, 0.2) is 41.1 Å². The van der Waals surface area contributed by atoms with E-state index >= 15 is 0 Å². The van der Waals surface area contributed by atoms with E-state index in [0.717, 1.165) is 22.0 Å². The highest BCUT2D eigenvalue weighted by molar-refractivity contribution is 7.13. The first-order valence-corrected chi connectivity index (χ1v) is 10.3. The normalized spacial score (nSPS) is 10.7. The SMILES string of the molecule is CCOc1ccccc1-c1nc(CC(=O)N(C)Cc2sccc2C)cs1. The fourth-order valence-corrected chi connectivity index (χ4v) is 4.40. The van der Waals surface area contributed by atoms with Gasteiger partial charge in [-0.2, -0.15) is 0 Å². The van der Waals surface area contributed by atoms with Gasteiger partial charge in [0.05, 0.1) is 30.8 Å². The molecule has 0 aliphatic rings. The van der Waals surface area contributed by atoms with Crippen LogP contribution in [0.25, 0.3) is 10.6 Å². The van der Waals surface area contributed by atoms with E-state index in [0.29, 0.717) is 19.6 Å². The van der Waals surface area contributed by atoms with E-state index in [-0.39, 0.29) is 5.91 Å². The molecule has 1 aromatic carbocycles. The molecule has 0 aliphatic heterocycles. The van der Waals surface area contributed by atoms with E-state index in [4.69, 9.17) is 4.74 Å². The number of aromatic nitrogens is 1. The first kappa shape index (κ1) is 18.6. The number of thiazole rings is 1. The maximum absolute atomic E-state index is 12.5. The number of para-hydroxylation sites is 1. The van der Waals surface area contributed by atoms with E-state index < -0.39 is 0 Å². The highest BCUT2D eigenvalue weighted by atomic mass is 32.1. The van der Waals surface area contributed by atoms with Crippen LogP contribution in [-0.4, -0.2) is 29.4 Å². The van der Waals surface area contributed by atoms with Crippen molar-refractivity contribution in [3.63, 3.8) is 0 Å². The standard InChI is InChI=1S/C20H22N2O2S2/c1-4-24-17-8-6-5-7-16(17)20-21-15(13-26-20)11-19(23)22(3)12-18-14(2)9-10-25-18/h5-10,13H,4,11-12H2,1-3H3. The quantitative estimate of drug-likeness (QED) is 0.587. The third-order valence-corrected chi connectivity index (χ3v) is 6.01. The summed E-state index contributed by atoms with van der Waals surface area (Å²) in [7, 11) is 1.85. The summed E-state index contributed by atoms with van der Waals surface area (Å²) < 4.78 is 5.68. The number of benzene rings is 1. The number of rotatable bonds is 7. The summed E-state index contributed by atoms with van der Waals surface area (Å²) in [5.41, 5.74) is 3.01. The Bertz CT molecular complexity index is 885. The first-order valence-electron chi connectivity index (χ1n) is 8.52.